The normalized spacial score (nSPS) is 32.3. The molecule has 17 unspecified atom stereocenters. The van der Waals surface area contributed by atoms with Crippen molar-refractivity contribution < 1.29 is 89.4 Å². The van der Waals surface area contributed by atoms with E-state index in [2.05, 4.69) is 36.5 Å². The Morgan fingerprint density at radius 3 is 1.36 bits per heavy atom. The number of hydrogen-bond acceptors (Lipinski definition) is 18. The van der Waals surface area contributed by atoms with E-state index in [-0.39, 0.29) is 18.9 Å². The van der Waals surface area contributed by atoms with Crippen molar-refractivity contribution in [3.05, 3.63) is 36.5 Å². The van der Waals surface area contributed by atoms with Crippen LogP contribution in [-0.2, 0) is 33.2 Å². The molecule has 0 bridgehead atoms. The lowest BCUT2D eigenvalue weighted by atomic mass is 9.96. The number of rotatable bonds is 38. The highest BCUT2D eigenvalue weighted by Gasteiger charge is 2.53. The van der Waals surface area contributed by atoms with Crippen molar-refractivity contribution >= 4 is 5.91 Å². The third-order valence-electron chi connectivity index (χ3n) is 13.6. The maximum Gasteiger partial charge on any atom is 0.220 e. The van der Waals surface area contributed by atoms with E-state index < -0.39 is 124 Å². The zero-order chi connectivity index (χ0) is 52.7. The molecule has 19 nitrogen and oxygen atoms in total. The fraction of sp³-hybridized carbons (Fsp3) is 0.868. The fourth-order valence-electron chi connectivity index (χ4n) is 9.15. The summed E-state index contributed by atoms with van der Waals surface area (Å²) >= 11 is 0. The van der Waals surface area contributed by atoms with E-state index >= 15 is 0 Å². The second-order valence-electron chi connectivity index (χ2n) is 19.7. The molecule has 3 rings (SSSR count). The Bertz CT molecular complexity index is 1470. The van der Waals surface area contributed by atoms with Gasteiger partial charge in [0.2, 0.25) is 5.91 Å². The van der Waals surface area contributed by atoms with Crippen molar-refractivity contribution in [2.75, 3.05) is 26.4 Å². The smallest absolute Gasteiger partial charge is 0.220 e. The van der Waals surface area contributed by atoms with Crippen LogP contribution in [0.5, 0.6) is 0 Å². The standard InChI is InChI=1S/C53H95NO18/c1-3-5-6-7-8-9-10-11-12-13-14-15-16-17-18-19-20-21-22-23-24-25-26-27-28-29-31-37(58)36(54-41(59)30-4-2)35-67-51-47(65)44(62)49(39(33-56)69-51)72-53-48(66)45(63)50(40(34-57)70-53)71-52-46(64)43(61)42(60)38(32-55)68-52/h21-22,25-26,29,31,36-40,42-53,55-58,60-66H,3-20,23-24,27-28,30,32-35H2,1-2H3,(H,54,59)/b22-21+,26-25+,31-29+. The van der Waals surface area contributed by atoms with Crippen LogP contribution < -0.4 is 5.32 Å². The molecule has 3 aliphatic rings. The van der Waals surface area contributed by atoms with E-state index in [1.165, 1.54) is 103 Å². The third kappa shape index (κ3) is 22.7. The van der Waals surface area contributed by atoms with Gasteiger partial charge in [0.1, 0.15) is 73.2 Å². The molecule has 0 aromatic rings. The number of aliphatic hydroxyl groups is 11. The highest BCUT2D eigenvalue weighted by Crippen LogP contribution is 2.33. The minimum absolute atomic E-state index is 0.181. The molecule has 3 saturated heterocycles. The number of nitrogens with one attached hydrogen (secondary N) is 1. The third-order valence-corrected chi connectivity index (χ3v) is 13.6. The number of hydrogen-bond donors (Lipinski definition) is 12. The molecule has 0 spiro atoms. The van der Waals surface area contributed by atoms with Gasteiger partial charge >= 0.3 is 0 Å². The number of allylic oxidation sites excluding steroid dienone is 5. The minimum atomic E-state index is -1.98. The molecule has 0 saturated carbocycles. The van der Waals surface area contributed by atoms with Crippen molar-refractivity contribution in [1.82, 2.24) is 5.32 Å². The van der Waals surface area contributed by atoms with Crippen LogP contribution in [0.15, 0.2) is 36.5 Å². The molecule has 72 heavy (non-hydrogen) atoms. The molecule has 19 heteroatoms. The highest BCUT2D eigenvalue weighted by molar-refractivity contribution is 5.76. The monoisotopic (exact) mass is 1030 g/mol. The number of ether oxygens (including phenoxy) is 6. The van der Waals surface area contributed by atoms with Crippen LogP contribution in [0.2, 0.25) is 0 Å². The number of aliphatic hydroxyl groups excluding tert-OH is 11. The first kappa shape index (κ1) is 64.3. The molecular weight excluding hydrogens is 939 g/mol. The Labute approximate surface area is 428 Å². The van der Waals surface area contributed by atoms with Crippen LogP contribution in [0.4, 0.5) is 0 Å². The van der Waals surface area contributed by atoms with E-state index in [0.29, 0.717) is 12.8 Å². The summed E-state index contributed by atoms with van der Waals surface area (Å²) in [5, 5.41) is 119. The van der Waals surface area contributed by atoms with E-state index in [1.54, 1.807) is 12.2 Å². The van der Waals surface area contributed by atoms with Crippen molar-refractivity contribution in [2.45, 2.75) is 266 Å². The predicted octanol–water partition coefficient (Wildman–Crippen LogP) is 2.98. The number of carbonyl (C=O) groups excluding carboxylic acids is 1. The zero-order valence-electron chi connectivity index (χ0n) is 43.1. The minimum Gasteiger partial charge on any atom is -0.394 e. The van der Waals surface area contributed by atoms with Crippen LogP contribution in [-0.4, -0.2) is 193 Å². The SMILES string of the molecule is CCCCCCCCCCCCCCCCCC/C=C/CC/C=C/CC/C=C/C(O)C(COC1OC(CO)C(OC2OC(CO)C(OC3OC(CO)C(O)C(O)C3O)C(O)C2O)C(O)C1O)NC(=O)CCC. The van der Waals surface area contributed by atoms with Crippen LogP contribution in [0.3, 0.4) is 0 Å². The Morgan fingerprint density at radius 2 is 0.889 bits per heavy atom. The molecule has 0 aromatic carbocycles. The number of unbranched alkanes of at least 4 members (excludes halogenated alkanes) is 18. The van der Waals surface area contributed by atoms with Gasteiger partial charge in [-0.25, -0.2) is 0 Å². The lowest BCUT2D eigenvalue weighted by Crippen LogP contribution is -2.66. The van der Waals surface area contributed by atoms with E-state index in [1.807, 2.05) is 6.92 Å². The molecule has 3 heterocycles. The predicted molar refractivity (Wildman–Crippen MR) is 268 cm³/mol. The zero-order valence-corrected chi connectivity index (χ0v) is 43.1. The Kier molecular flexibility index (Phi) is 33.7. The summed E-state index contributed by atoms with van der Waals surface area (Å²) < 4.78 is 33.8. The van der Waals surface area contributed by atoms with Crippen LogP contribution in [0.25, 0.3) is 0 Å². The summed E-state index contributed by atoms with van der Waals surface area (Å²) in [6.07, 6.45) is 12.3. The van der Waals surface area contributed by atoms with Crippen LogP contribution in [0.1, 0.15) is 162 Å². The molecule has 1 amide bonds. The summed E-state index contributed by atoms with van der Waals surface area (Å²) in [7, 11) is 0. The molecule has 12 N–H and O–H groups in total. The molecular formula is C53H95NO18. The molecule has 3 aliphatic heterocycles. The maximum absolute atomic E-state index is 12.6. The van der Waals surface area contributed by atoms with E-state index in [9.17, 15) is 61.0 Å². The Hall–Kier alpha value is -1.99. The average Bonchev–Trinajstić information content (AvgIpc) is 3.37. The van der Waals surface area contributed by atoms with Crippen molar-refractivity contribution in [1.29, 1.82) is 0 Å². The molecule has 0 radical (unpaired) electrons. The molecule has 17 atom stereocenters. The van der Waals surface area contributed by atoms with Gasteiger partial charge in [-0.1, -0.05) is 147 Å². The molecule has 0 aliphatic carbocycles. The molecule has 3 fully saturated rings. The topological polar surface area (TPSA) is 307 Å². The molecule has 0 aromatic heterocycles. The van der Waals surface area contributed by atoms with Gasteiger partial charge in [0, 0.05) is 6.42 Å². The Morgan fingerprint density at radius 1 is 0.486 bits per heavy atom. The van der Waals surface area contributed by atoms with E-state index in [0.717, 1.165) is 25.7 Å². The summed E-state index contributed by atoms with van der Waals surface area (Å²) in [5.74, 6) is -0.345. The second-order valence-corrected chi connectivity index (χ2v) is 19.7. The van der Waals surface area contributed by atoms with Crippen molar-refractivity contribution in [2.24, 2.45) is 0 Å². The second kappa shape index (κ2) is 37.7. The number of amides is 1. The first-order valence-corrected chi connectivity index (χ1v) is 27.2. The largest absolute Gasteiger partial charge is 0.394 e. The van der Waals surface area contributed by atoms with Gasteiger partial charge in [-0.3, -0.25) is 4.79 Å². The lowest BCUT2D eigenvalue weighted by Gasteiger charge is -2.48. The van der Waals surface area contributed by atoms with Crippen molar-refractivity contribution in [3.63, 3.8) is 0 Å². The Balaban J connectivity index is 1.37. The van der Waals surface area contributed by atoms with Gasteiger partial charge in [-0.15, -0.1) is 0 Å². The number of carbonyl (C=O) groups is 1. The van der Waals surface area contributed by atoms with Gasteiger partial charge in [0.25, 0.3) is 0 Å². The van der Waals surface area contributed by atoms with Crippen molar-refractivity contribution in [3.8, 4) is 0 Å². The first-order chi connectivity index (χ1) is 34.8. The lowest BCUT2D eigenvalue weighted by molar-refractivity contribution is -0.379. The summed E-state index contributed by atoms with van der Waals surface area (Å²) in [4.78, 5) is 12.6. The molecule has 420 valence electrons. The highest BCUT2D eigenvalue weighted by atomic mass is 16.8. The quantitative estimate of drug-likeness (QED) is 0.0313. The van der Waals surface area contributed by atoms with Gasteiger partial charge < -0.3 is 89.9 Å². The van der Waals surface area contributed by atoms with Gasteiger partial charge in [-0.05, 0) is 44.9 Å². The summed E-state index contributed by atoms with van der Waals surface area (Å²) in [6, 6.07) is -0.989. The fourth-order valence-corrected chi connectivity index (χ4v) is 9.15. The van der Waals surface area contributed by atoms with E-state index in [4.69, 9.17) is 28.4 Å². The summed E-state index contributed by atoms with van der Waals surface area (Å²) in [6.45, 7) is 1.29. The van der Waals surface area contributed by atoms with Gasteiger partial charge in [0.15, 0.2) is 18.9 Å². The van der Waals surface area contributed by atoms with Gasteiger partial charge in [-0.2, -0.15) is 0 Å². The first-order valence-electron chi connectivity index (χ1n) is 27.2. The maximum atomic E-state index is 12.6. The average molecular weight is 1030 g/mol. The van der Waals surface area contributed by atoms with Crippen LogP contribution in [0, 0.1) is 0 Å². The van der Waals surface area contributed by atoms with Crippen LogP contribution >= 0.6 is 0 Å². The summed E-state index contributed by atoms with van der Waals surface area (Å²) in [5.41, 5.74) is 0. The van der Waals surface area contributed by atoms with Gasteiger partial charge in [0.05, 0.1) is 38.6 Å².